The van der Waals surface area contributed by atoms with Crippen molar-refractivity contribution in [2.75, 3.05) is 6.61 Å². The van der Waals surface area contributed by atoms with Crippen LogP contribution in [0.3, 0.4) is 0 Å². The van der Waals surface area contributed by atoms with Gasteiger partial charge in [-0.3, -0.25) is 38.8 Å². The van der Waals surface area contributed by atoms with Crippen LogP contribution in [0.15, 0.2) is 15.8 Å². The second kappa shape index (κ2) is 8.64. The van der Waals surface area contributed by atoms with Crippen LogP contribution in [0.4, 0.5) is 5.69 Å². The fourth-order valence-electron chi connectivity index (χ4n) is 2.71. The highest BCUT2D eigenvalue weighted by molar-refractivity contribution is 5.68. The molecule has 1 aliphatic heterocycles. The number of nitrogens with zero attached hydrogens (tertiary/aromatic N) is 2. The average molecular weight is 415 g/mol. The SMILES string of the molecule is CC(=O)OC[C@H]1O[C@@H](n2cc([N+](=O)[O-])c(=O)[nH]c2=O)[C@H](OC(C)=O)[C@@H]1OC(C)=O. The van der Waals surface area contributed by atoms with Crippen LogP contribution in [0.5, 0.6) is 0 Å². The second-order valence-electron chi connectivity index (χ2n) is 5.95. The zero-order chi connectivity index (χ0) is 21.9. The monoisotopic (exact) mass is 415 g/mol. The maximum atomic E-state index is 12.2. The Bertz CT molecular complexity index is 950. The number of ether oxygens (including phenoxy) is 4. The number of H-pyrrole nitrogens is 1. The summed E-state index contributed by atoms with van der Waals surface area (Å²) in [6.45, 7) is 2.80. The highest BCUT2D eigenvalue weighted by atomic mass is 16.7. The van der Waals surface area contributed by atoms with Gasteiger partial charge in [-0.15, -0.1) is 0 Å². The molecule has 0 radical (unpaired) electrons. The van der Waals surface area contributed by atoms with E-state index in [2.05, 4.69) is 0 Å². The van der Waals surface area contributed by atoms with Gasteiger partial charge in [0.1, 0.15) is 12.7 Å². The molecule has 0 saturated carbocycles. The van der Waals surface area contributed by atoms with Crippen LogP contribution in [0.1, 0.15) is 27.0 Å². The summed E-state index contributed by atoms with van der Waals surface area (Å²) in [5.41, 5.74) is -3.31. The molecule has 1 aromatic rings. The Hall–Kier alpha value is -3.55. The molecule has 0 amide bonds. The Morgan fingerprint density at radius 3 is 2.24 bits per heavy atom. The summed E-state index contributed by atoms with van der Waals surface area (Å²) >= 11 is 0. The molecule has 14 heteroatoms. The van der Waals surface area contributed by atoms with Crippen LogP contribution in [-0.2, 0) is 33.3 Å². The van der Waals surface area contributed by atoms with E-state index in [4.69, 9.17) is 18.9 Å². The highest BCUT2D eigenvalue weighted by Crippen LogP contribution is 2.33. The molecule has 0 spiro atoms. The summed E-state index contributed by atoms with van der Waals surface area (Å²) < 4.78 is 21.2. The lowest BCUT2D eigenvalue weighted by Crippen LogP contribution is -2.42. The minimum Gasteiger partial charge on any atom is -0.463 e. The van der Waals surface area contributed by atoms with Gasteiger partial charge in [-0.05, 0) is 0 Å². The predicted octanol–water partition coefficient (Wildman–Crippen LogP) is -1.23. The topological polar surface area (TPSA) is 186 Å². The molecule has 0 aliphatic carbocycles. The molecule has 1 fully saturated rings. The lowest BCUT2D eigenvalue weighted by atomic mass is 10.1. The van der Waals surface area contributed by atoms with E-state index < -0.39 is 70.9 Å². The van der Waals surface area contributed by atoms with Crippen molar-refractivity contribution in [1.29, 1.82) is 0 Å². The summed E-state index contributed by atoms with van der Waals surface area (Å²) in [6.07, 6.45) is -4.82. The molecule has 158 valence electrons. The molecule has 0 bridgehead atoms. The summed E-state index contributed by atoms with van der Waals surface area (Å²) in [5.74, 6) is -2.30. The van der Waals surface area contributed by atoms with Crippen LogP contribution in [0.25, 0.3) is 0 Å². The summed E-state index contributed by atoms with van der Waals surface area (Å²) in [4.78, 5) is 69.7. The van der Waals surface area contributed by atoms with E-state index in [-0.39, 0.29) is 0 Å². The molecule has 1 aromatic heterocycles. The van der Waals surface area contributed by atoms with Gasteiger partial charge in [-0.25, -0.2) is 4.79 Å². The van der Waals surface area contributed by atoms with Crippen LogP contribution in [-0.4, -0.2) is 57.3 Å². The molecule has 4 atom stereocenters. The van der Waals surface area contributed by atoms with Gasteiger partial charge in [0.05, 0.1) is 11.1 Å². The summed E-state index contributed by atoms with van der Waals surface area (Å²) in [6, 6.07) is 0. The molecule has 14 nitrogen and oxygen atoms in total. The molecule has 1 aliphatic rings. The third kappa shape index (κ3) is 5.04. The minimum atomic E-state index is -1.52. The van der Waals surface area contributed by atoms with Crippen molar-refractivity contribution in [2.45, 2.75) is 45.3 Å². The third-order valence-electron chi connectivity index (χ3n) is 3.76. The Balaban J connectivity index is 2.54. The van der Waals surface area contributed by atoms with Crippen molar-refractivity contribution in [2.24, 2.45) is 0 Å². The smallest absolute Gasteiger partial charge is 0.350 e. The Kier molecular flexibility index (Phi) is 6.48. The number of carbonyl (C=O) groups is 3. The van der Waals surface area contributed by atoms with Crippen LogP contribution in [0, 0.1) is 10.1 Å². The molecule has 2 heterocycles. The first-order valence-electron chi connectivity index (χ1n) is 8.14. The number of esters is 3. The fourth-order valence-corrected chi connectivity index (χ4v) is 2.71. The van der Waals surface area contributed by atoms with Crippen molar-refractivity contribution >= 4 is 23.6 Å². The van der Waals surface area contributed by atoms with E-state index in [0.717, 1.165) is 20.8 Å². The second-order valence-corrected chi connectivity index (χ2v) is 5.95. The number of hydrogen-bond donors (Lipinski definition) is 1. The number of carbonyl (C=O) groups excluding carboxylic acids is 3. The third-order valence-corrected chi connectivity index (χ3v) is 3.76. The summed E-state index contributed by atoms with van der Waals surface area (Å²) in [5, 5.41) is 11.0. The van der Waals surface area contributed by atoms with E-state index in [1.165, 1.54) is 0 Å². The quantitative estimate of drug-likeness (QED) is 0.254. The molecular formula is C15H17N3O11. The first kappa shape index (κ1) is 21.7. The Morgan fingerprint density at radius 2 is 1.72 bits per heavy atom. The van der Waals surface area contributed by atoms with E-state index >= 15 is 0 Å². The molecule has 1 saturated heterocycles. The molecular weight excluding hydrogens is 398 g/mol. The van der Waals surface area contributed by atoms with Crippen LogP contribution >= 0.6 is 0 Å². The normalized spacial score (nSPS) is 23.3. The van der Waals surface area contributed by atoms with Gasteiger partial charge in [0.25, 0.3) is 0 Å². The van der Waals surface area contributed by atoms with Gasteiger partial charge in [0.15, 0.2) is 18.4 Å². The van der Waals surface area contributed by atoms with Crippen molar-refractivity contribution in [3.8, 4) is 0 Å². The Morgan fingerprint density at radius 1 is 1.14 bits per heavy atom. The molecule has 29 heavy (non-hydrogen) atoms. The fraction of sp³-hybridized carbons (Fsp3) is 0.533. The maximum Gasteiger partial charge on any atom is 0.350 e. The minimum absolute atomic E-state index is 0.429. The average Bonchev–Trinajstić information content (AvgIpc) is 2.89. The number of aromatic amines is 1. The lowest BCUT2D eigenvalue weighted by Gasteiger charge is -2.23. The zero-order valence-electron chi connectivity index (χ0n) is 15.5. The first-order valence-corrected chi connectivity index (χ1v) is 8.14. The standard InChI is InChI=1S/C15H17N3O11/c1-6(19)26-5-10-11(27-7(2)20)12(28-8(3)21)14(29-10)17-4-9(18(24)25)13(22)16-15(17)23/h4,10-12,14H,5H2,1-3H3,(H,16,22,23)/t10-,11-,12-,14-/m1/s1. The first-order chi connectivity index (χ1) is 13.5. The van der Waals surface area contributed by atoms with Crippen LogP contribution < -0.4 is 11.2 Å². The number of nitro groups is 1. The molecule has 0 aromatic carbocycles. The van der Waals surface area contributed by atoms with Crippen molar-refractivity contribution in [3.05, 3.63) is 37.1 Å². The number of nitrogens with one attached hydrogen (secondary N) is 1. The van der Waals surface area contributed by atoms with Gasteiger partial charge in [-0.1, -0.05) is 0 Å². The zero-order valence-corrected chi connectivity index (χ0v) is 15.5. The number of hydrogen-bond acceptors (Lipinski definition) is 11. The summed E-state index contributed by atoms with van der Waals surface area (Å²) in [7, 11) is 0. The Labute approximate surface area is 161 Å². The van der Waals surface area contributed by atoms with Gasteiger partial charge in [-0.2, -0.15) is 0 Å². The predicted molar refractivity (Wildman–Crippen MR) is 89.6 cm³/mol. The van der Waals surface area contributed by atoms with Crippen molar-refractivity contribution in [3.63, 3.8) is 0 Å². The van der Waals surface area contributed by atoms with E-state index in [9.17, 15) is 34.1 Å². The number of rotatable bonds is 6. The highest BCUT2D eigenvalue weighted by Gasteiger charge is 2.51. The van der Waals surface area contributed by atoms with E-state index in [1.807, 2.05) is 0 Å². The number of aromatic nitrogens is 2. The van der Waals surface area contributed by atoms with Crippen molar-refractivity contribution < 1.29 is 38.3 Å². The molecule has 1 N–H and O–H groups in total. The molecule has 2 rings (SSSR count). The largest absolute Gasteiger partial charge is 0.463 e. The van der Waals surface area contributed by atoms with E-state index in [0.29, 0.717) is 10.8 Å². The van der Waals surface area contributed by atoms with Gasteiger partial charge < -0.3 is 18.9 Å². The van der Waals surface area contributed by atoms with Crippen molar-refractivity contribution in [1.82, 2.24) is 9.55 Å². The van der Waals surface area contributed by atoms with Gasteiger partial charge >= 0.3 is 34.8 Å². The van der Waals surface area contributed by atoms with E-state index in [1.54, 1.807) is 4.98 Å². The van der Waals surface area contributed by atoms with Gasteiger partial charge in [0, 0.05) is 20.8 Å². The lowest BCUT2D eigenvalue weighted by molar-refractivity contribution is -0.387. The van der Waals surface area contributed by atoms with Crippen LogP contribution in [0.2, 0.25) is 0 Å². The maximum absolute atomic E-state index is 12.2. The molecule has 0 unspecified atom stereocenters. The van der Waals surface area contributed by atoms with Gasteiger partial charge in [0.2, 0.25) is 0 Å².